The Morgan fingerprint density at radius 3 is 2.46 bits per heavy atom. The number of carbonyl (C=O) groups excluding carboxylic acids is 1. The molecule has 1 amide bonds. The van der Waals surface area contributed by atoms with Crippen LogP contribution < -0.4 is 5.32 Å². The monoisotopic (exact) mass is 364 g/mol. The highest BCUT2D eigenvalue weighted by molar-refractivity contribution is 7.09. The van der Waals surface area contributed by atoms with Crippen LogP contribution in [0.3, 0.4) is 0 Å². The maximum Gasteiger partial charge on any atom is 0.226 e. The molecule has 24 heavy (non-hydrogen) atoms. The molecule has 1 heterocycles. The summed E-state index contributed by atoms with van der Waals surface area (Å²) < 4.78 is 0. The lowest BCUT2D eigenvalue weighted by Crippen LogP contribution is -2.45. The van der Waals surface area contributed by atoms with Crippen molar-refractivity contribution in [2.75, 3.05) is 0 Å². The standard InChI is InChI=1S/C19H25ClN2OS/c1-18(2,3)17-21-14(12-24-17)10-16(23)22-19(4,5)11-13-8-6-7-9-15(13)20/h6-9,12H,10-11H2,1-5H3,(H,22,23). The van der Waals surface area contributed by atoms with E-state index in [0.29, 0.717) is 12.8 Å². The van der Waals surface area contributed by atoms with E-state index in [4.69, 9.17) is 11.6 Å². The van der Waals surface area contributed by atoms with E-state index in [1.54, 1.807) is 11.3 Å². The summed E-state index contributed by atoms with van der Waals surface area (Å²) in [5.74, 6) is -0.0159. The second kappa shape index (κ2) is 7.24. The lowest BCUT2D eigenvalue weighted by atomic mass is 9.94. The van der Waals surface area contributed by atoms with Crippen LogP contribution in [0.25, 0.3) is 0 Å². The van der Waals surface area contributed by atoms with Gasteiger partial charge in [-0.3, -0.25) is 4.79 Å². The number of aromatic nitrogens is 1. The maximum atomic E-state index is 12.4. The predicted octanol–water partition coefficient (Wildman–Crippen LogP) is 4.77. The van der Waals surface area contributed by atoms with Crippen LogP contribution in [0.5, 0.6) is 0 Å². The van der Waals surface area contributed by atoms with Crippen molar-refractivity contribution in [1.82, 2.24) is 10.3 Å². The van der Waals surface area contributed by atoms with Crippen LogP contribution in [0.4, 0.5) is 0 Å². The van der Waals surface area contributed by atoms with E-state index in [-0.39, 0.29) is 16.9 Å². The molecule has 0 aliphatic carbocycles. The van der Waals surface area contributed by atoms with Crippen molar-refractivity contribution >= 4 is 28.8 Å². The van der Waals surface area contributed by atoms with Crippen molar-refractivity contribution in [2.24, 2.45) is 0 Å². The molecule has 130 valence electrons. The second-order valence-corrected chi connectivity index (χ2v) is 9.04. The number of carbonyl (C=O) groups is 1. The number of hydrogen-bond donors (Lipinski definition) is 1. The van der Waals surface area contributed by atoms with E-state index in [1.807, 2.05) is 43.5 Å². The van der Waals surface area contributed by atoms with Gasteiger partial charge in [-0.25, -0.2) is 4.98 Å². The van der Waals surface area contributed by atoms with Gasteiger partial charge in [-0.2, -0.15) is 0 Å². The summed E-state index contributed by atoms with van der Waals surface area (Å²) in [7, 11) is 0. The Morgan fingerprint density at radius 2 is 1.88 bits per heavy atom. The van der Waals surface area contributed by atoms with Crippen molar-refractivity contribution in [1.29, 1.82) is 0 Å². The second-order valence-electron chi connectivity index (χ2n) is 7.77. The fourth-order valence-corrected chi connectivity index (χ4v) is 3.59. The average Bonchev–Trinajstić information content (AvgIpc) is 2.88. The van der Waals surface area contributed by atoms with E-state index in [1.165, 1.54) is 0 Å². The van der Waals surface area contributed by atoms with Gasteiger partial charge in [-0.05, 0) is 31.9 Å². The molecule has 0 atom stereocenters. The highest BCUT2D eigenvalue weighted by Crippen LogP contribution is 2.26. The lowest BCUT2D eigenvalue weighted by molar-refractivity contribution is -0.122. The average molecular weight is 365 g/mol. The number of rotatable bonds is 5. The van der Waals surface area contributed by atoms with Crippen molar-refractivity contribution < 1.29 is 4.79 Å². The number of nitrogens with zero attached hydrogens (tertiary/aromatic N) is 1. The van der Waals surface area contributed by atoms with Crippen LogP contribution in [0.1, 0.15) is 50.9 Å². The van der Waals surface area contributed by atoms with E-state index in [9.17, 15) is 4.79 Å². The summed E-state index contributed by atoms with van der Waals surface area (Å²) in [6, 6.07) is 7.74. The normalized spacial score (nSPS) is 12.2. The van der Waals surface area contributed by atoms with Gasteiger partial charge in [0.25, 0.3) is 0 Å². The largest absolute Gasteiger partial charge is 0.351 e. The van der Waals surface area contributed by atoms with Gasteiger partial charge in [-0.1, -0.05) is 50.6 Å². The molecule has 2 aromatic rings. The van der Waals surface area contributed by atoms with Crippen LogP contribution in [-0.2, 0) is 23.1 Å². The third-order valence-corrected chi connectivity index (χ3v) is 5.29. The van der Waals surface area contributed by atoms with Gasteiger partial charge in [0.2, 0.25) is 5.91 Å². The van der Waals surface area contributed by atoms with Crippen molar-refractivity contribution in [3.05, 3.63) is 50.9 Å². The molecule has 1 N–H and O–H groups in total. The smallest absolute Gasteiger partial charge is 0.226 e. The Kier molecular flexibility index (Phi) is 5.71. The SMILES string of the molecule is CC(C)(Cc1ccccc1Cl)NC(=O)Cc1csc(C(C)(C)C)n1. The minimum absolute atomic E-state index is 0.0159. The van der Waals surface area contributed by atoms with Crippen LogP contribution in [0, 0.1) is 0 Å². The van der Waals surface area contributed by atoms with Gasteiger partial charge in [0.05, 0.1) is 17.1 Å². The minimum Gasteiger partial charge on any atom is -0.351 e. The van der Waals surface area contributed by atoms with Crippen LogP contribution in [-0.4, -0.2) is 16.4 Å². The third-order valence-electron chi connectivity index (χ3n) is 3.60. The van der Waals surface area contributed by atoms with Gasteiger partial charge < -0.3 is 5.32 Å². The van der Waals surface area contributed by atoms with E-state index in [2.05, 4.69) is 31.1 Å². The molecule has 0 aliphatic rings. The molecule has 0 saturated heterocycles. The van der Waals surface area contributed by atoms with E-state index in [0.717, 1.165) is 21.3 Å². The molecule has 0 radical (unpaired) electrons. The number of amides is 1. The molecule has 0 fully saturated rings. The highest BCUT2D eigenvalue weighted by atomic mass is 35.5. The summed E-state index contributed by atoms with van der Waals surface area (Å²) in [5, 5.41) is 6.86. The number of thiazole rings is 1. The summed E-state index contributed by atoms with van der Waals surface area (Å²) in [6.07, 6.45) is 0.987. The Hall–Kier alpha value is -1.39. The highest BCUT2D eigenvalue weighted by Gasteiger charge is 2.23. The first-order valence-corrected chi connectivity index (χ1v) is 9.32. The summed E-state index contributed by atoms with van der Waals surface area (Å²) >= 11 is 7.83. The fraction of sp³-hybridized carbons (Fsp3) is 0.474. The Morgan fingerprint density at radius 1 is 1.21 bits per heavy atom. The molecule has 5 heteroatoms. The van der Waals surface area contributed by atoms with Crippen molar-refractivity contribution in [2.45, 2.75) is 58.4 Å². The van der Waals surface area contributed by atoms with Gasteiger partial charge in [-0.15, -0.1) is 11.3 Å². The van der Waals surface area contributed by atoms with Gasteiger partial charge in [0.1, 0.15) is 0 Å². The molecular formula is C19H25ClN2OS. The Bertz CT molecular complexity index is 716. The molecular weight excluding hydrogens is 340 g/mol. The molecule has 1 aromatic carbocycles. The fourth-order valence-electron chi connectivity index (χ4n) is 2.48. The first-order valence-electron chi connectivity index (χ1n) is 8.06. The maximum absolute atomic E-state index is 12.4. The first-order chi connectivity index (χ1) is 11.1. The summed E-state index contributed by atoms with van der Waals surface area (Å²) in [4.78, 5) is 17.0. The molecule has 2 rings (SSSR count). The first kappa shape index (κ1) is 18.9. The lowest BCUT2D eigenvalue weighted by Gasteiger charge is -2.27. The third kappa shape index (κ3) is 5.32. The Balaban J connectivity index is 1.98. The predicted molar refractivity (Wildman–Crippen MR) is 102 cm³/mol. The molecule has 0 saturated carbocycles. The summed E-state index contributed by atoms with van der Waals surface area (Å²) in [5.41, 5.74) is 1.51. The number of nitrogens with one attached hydrogen (secondary N) is 1. The number of hydrogen-bond acceptors (Lipinski definition) is 3. The molecule has 0 spiro atoms. The van der Waals surface area contributed by atoms with E-state index < -0.39 is 0 Å². The quantitative estimate of drug-likeness (QED) is 0.829. The van der Waals surface area contributed by atoms with Crippen molar-refractivity contribution in [3.63, 3.8) is 0 Å². The molecule has 1 aromatic heterocycles. The van der Waals surface area contributed by atoms with Crippen LogP contribution in [0.15, 0.2) is 29.6 Å². The van der Waals surface area contributed by atoms with Gasteiger partial charge >= 0.3 is 0 Å². The zero-order valence-corrected chi connectivity index (χ0v) is 16.5. The molecule has 0 aliphatic heterocycles. The summed E-state index contributed by atoms with van der Waals surface area (Å²) in [6.45, 7) is 10.4. The van der Waals surface area contributed by atoms with Crippen molar-refractivity contribution in [3.8, 4) is 0 Å². The zero-order valence-electron chi connectivity index (χ0n) is 14.9. The number of benzene rings is 1. The number of halogens is 1. The van der Waals surface area contributed by atoms with Gasteiger partial charge in [0.15, 0.2) is 0 Å². The topological polar surface area (TPSA) is 42.0 Å². The molecule has 0 unspecified atom stereocenters. The van der Waals surface area contributed by atoms with Crippen LogP contribution in [0.2, 0.25) is 5.02 Å². The van der Waals surface area contributed by atoms with E-state index >= 15 is 0 Å². The van der Waals surface area contributed by atoms with Gasteiger partial charge in [0, 0.05) is 21.4 Å². The Labute approximate surface area is 153 Å². The molecule has 0 bridgehead atoms. The molecule has 3 nitrogen and oxygen atoms in total. The zero-order chi connectivity index (χ0) is 18.0. The minimum atomic E-state index is -0.370. The van der Waals surface area contributed by atoms with Crippen LogP contribution >= 0.6 is 22.9 Å².